The van der Waals surface area contributed by atoms with Crippen molar-refractivity contribution in [2.45, 2.75) is 64.5 Å². The largest absolute Gasteiger partial charge is 0.388 e. The lowest BCUT2D eigenvalue weighted by molar-refractivity contribution is 0.0245. The molecule has 112 valence electrons. The van der Waals surface area contributed by atoms with E-state index in [1.54, 1.807) is 10.7 Å². The van der Waals surface area contributed by atoms with E-state index in [-0.39, 0.29) is 5.91 Å². The highest BCUT2D eigenvalue weighted by Gasteiger charge is 2.28. The number of aryl methyl sites for hydroxylation is 2. The Hall–Kier alpha value is -1.36. The summed E-state index contributed by atoms with van der Waals surface area (Å²) < 4.78 is 1.70. The van der Waals surface area contributed by atoms with Crippen LogP contribution >= 0.6 is 0 Å². The molecule has 1 aromatic heterocycles. The fourth-order valence-corrected chi connectivity index (χ4v) is 2.87. The van der Waals surface area contributed by atoms with Gasteiger partial charge in [-0.1, -0.05) is 25.7 Å². The third-order valence-corrected chi connectivity index (χ3v) is 4.05. The van der Waals surface area contributed by atoms with E-state index in [0.29, 0.717) is 18.8 Å². The van der Waals surface area contributed by atoms with E-state index in [9.17, 15) is 9.90 Å². The molecule has 5 nitrogen and oxygen atoms in total. The summed E-state index contributed by atoms with van der Waals surface area (Å²) in [5.41, 5.74) is 0.672. The average molecular weight is 279 g/mol. The standard InChI is InChI=1S/C15H25N3O2/c1-3-18-13(10-12(2)17-18)14(19)16-11-15(20)8-6-4-5-7-9-15/h10,20H,3-9,11H2,1-2H3,(H,16,19). The highest BCUT2D eigenvalue weighted by molar-refractivity contribution is 5.92. The minimum absolute atomic E-state index is 0.148. The highest BCUT2D eigenvalue weighted by atomic mass is 16.3. The van der Waals surface area contributed by atoms with E-state index in [1.165, 1.54) is 12.8 Å². The van der Waals surface area contributed by atoms with Gasteiger partial charge in [-0.2, -0.15) is 5.10 Å². The number of nitrogens with one attached hydrogen (secondary N) is 1. The van der Waals surface area contributed by atoms with Gasteiger partial charge in [-0.25, -0.2) is 0 Å². The molecule has 1 aliphatic carbocycles. The topological polar surface area (TPSA) is 67.2 Å². The minimum atomic E-state index is -0.738. The Bertz CT molecular complexity index is 460. The van der Waals surface area contributed by atoms with Gasteiger partial charge in [0, 0.05) is 13.1 Å². The molecule has 0 aromatic carbocycles. The quantitative estimate of drug-likeness (QED) is 0.829. The van der Waals surface area contributed by atoms with Gasteiger partial charge in [0.1, 0.15) is 5.69 Å². The number of hydrogen-bond acceptors (Lipinski definition) is 3. The van der Waals surface area contributed by atoms with Crippen molar-refractivity contribution < 1.29 is 9.90 Å². The van der Waals surface area contributed by atoms with Crippen LogP contribution < -0.4 is 5.32 Å². The molecule has 1 heterocycles. The Morgan fingerprint density at radius 1 is 1.40 bits per heavy atom. The van der Waals surface area contributed by atoms with Gasteiger partial charge in [0.25, 0.3) is 5.91 Å². The monoisotopic (exact) mass is 279 g/mol. The number of nitrogens with zero attached hydrogens (tertiary/aromatic N) is 2. The second-order valence-electron chi connectivity index (χ2n) is 5.81. The molecule has 0 unspecified atom stereocenters. The summed E-state index contributed by atoms with van der Waals surface area (Å²) in [6.07, 6.45) is 5.99. The van der Waals surface area contributed by atoms with Crippen molar-refractivity contribution in [1.29, 1.82) is 0 Å². The first-order valence-corrected chi connectivity index (χ1v) is 7.59. The van der Waals surface area contributed by atoms with E-state index >= 15 is 0 Å². The van der Waals surface area contributed by atoms with Crippen LogP contribution in [0.1, 0.15) is 61.6 Å². The number of carbonyl (C=O) groups is 1. The first-order chi connectivity index (χ1) is 9.54. The van der Waals surface area contributed by atoms with Crippen LogP contribution in [-0.2, 0) is 6.54 Å². The molecule has 1 aromatic rings. The minimum Gasteiger partial charge on any atom is -0.388 e. The maximum Gasteiger partial charge on any atom is 0.269 e. The van der Waals surface area contributed by atoms with Crippen molar-refractivity contribution in [2.24, 2.45) is 0 Å². The zero-order chi connectivity index (χ0) is 14.6. The van der Waals surface area contributed by atoms with Gasteiger partial charge < -0.3 is 10.4 Å². The molecule has 0 spiro atoms. The lowest BCUT2D eigenvalue weighted by atomic mass is 9.94. The molecule has 5 heteroatoms. The predicted octanol–water partition coefficient (Wildman–Crippen LogP) is 2.03. The second kappa shape index (κ2) is 6.39. The number of aliphatic hydroxyl groups is 1. The Balaban J connectivity index is 1.97. The molecular formula is C15H25N3O2. The first-order valence-electron chi connectivity index (χ1n) is 7.59. The number of aromatic nitrogens is 2. The first kappa shape index (κ1) is 15.0. The fraction of sp³-hybridized carbons (Fsp3) is 0.733. The Morgan fingerprint density at radius 3 is 2.65 bits per heavy atom. The molecular weight excluding hydrogens is 254 g/mol. The van der Waals surface area contributed by atoms with E-state index in [2.05, 4.69) is 10.4 Å². The molecule has 0 radical (unpaired) electrons. The SMILES string of the molecule is CCn1nc(C)cc1C(=O)NCC1(O)CCCCCC1. The third kappa shape index (κ3) is 3.60. The van der Waals surface area contributed by atoms with Crippen LogP contribution in [0.25, 0.3) is 0 Å². The lowest BCUT2D eigenvalue weighted by Gasteiger charge is -2.26. The van der Waals surface area contributed by atoms with Crippen LogP contribution in [0.15, 0.2) is 6.07 Å². The summed E-state index contributed by atoms with van der Waals surface area (Å²) in [6, 6.07) is 1.79. The number of carbonyl (C=O) groups excluding carboxylic acids is 1. The normalized spacial score (nSPS) is 18.6. The van der Waals surface area contributed by atoms with E-state index < -0.39 is 5.60 Å². The smallest absolute Gasteiger partial charge is 0.269 e. The van der Waals surface area contributed by atoms with Gasteiger partial charge in [-0.15, -0.1) is 0 Å². The van der Waals surface area contributed by atoms with Crippen molar-refractivity contribution in [3.8, 4) is 0 Å². The van der Waals surface area contributed by atoms with Crippen molar-refractivity contribution in [3.63, 3.8) is 0 Å². The molecule has 0 aliphatic heterocycles. The van der Waals surface area contributed by atoms with Crippen LogP contribution in [0.5, 0.6) is 0 Å². The van der Waals surface area contributed by atoms with Gasteiger partial charge in [-0.05, 0) is 32.8 Å². The van der Waals surface area contributed by atoms with Crippen LogP contribution in [0, 0.1) is 6.92 Å². The summed E-state index contributed by atoms with van der Waals surface area (Å²) in [5.74, 6) is -0.148. The second-order valence-corrected chi connectivity index (χ2v) is 5.81. The Labute approximate surface area is 120 Å². The molecule has 1 saturated carbocycles. The van der Waals surface area contributed by atoms with Crippen LogP contribution in [0.4, 0.5) is 0 Å². The number of hydrogen-bond donors (Lipinski definition) is 2. The maximum absolute atomic E-state index is 12.2. The van der Waals surface area contributed by atoms with Gasteiger partial charge in [-0.3, -0.25) is 9.48 Å². The molecule has 0 saturated heterocycles. The predicted molar refractivity (Wildman–Crippen MR) is 77.6 cm³/mol. The molecule has 2 N–H and O–H groups in total. The zero-order valence-corrected chi connectivity index (χ0v) is 12.5. The van der Waals surface area contributed by atoms with E-state index in [0.717, 1.165) is 31.4 Å². The van der Waals surface area contributed by atoms with Crippen molar-refractivity contribution in [3.05, 3.63) is 17.5 Å². The lowest BCUT2D eigenvalue weighted by Crippen LogP contribution is -2.43. The molecule has 1 aliphatic rings. The molecule has 20 heavy (non-hydrogen) atoms. The average Bonchev–Trinajstić information content (AvgIpc) is 2.67. The summed E-state index contributed by atoms with van der Waals surface area (Å²) in [6.45, 7) is 4.84. The molecule has 1 fully saturated rings. The van der Waals surface area contributed by atoms with E-state index in [4.69, 9.17) is 0 Å². The zero-order valence-electron chi connectivity index (χ0n) is 12.5. The Morgan fingerprint density at radius 2 is 2.05 bits per heavy atom. The van der Waals surface area contributed by atoms with Crippen molar-refractivity contribution >= 4 is 5.91 Å². The molecule has 0 atom stereocenters. The van der Waals surface area contributed by atoms with Gasteiger partial charge in [0.2, 0.25) is 0 Å². The Kier molecular flexibility index (Phi) is 4.81. The van der Waals surface area contributed by atoms with E-state index in [1.807, 2.05) is 13.8 Å². The van der Waals surface area contributed by atoms with Gasteiger partial charge >= 0.3 is 0 Å². The fourth-order valence-electron chi connectivity index (χ4n) is 2.87. The summed E-state index contributed by atoms with van der Waals surface area (Å²) in [4.78, 5) is 12.2. The summed E-state index contributed by atoms with van der Waals surface area (Å²) in [7, 11) is 0. The van der Waals surface area contributed by atoms with Crippen LogP contribution in [0.3, 0.4) is 0 Å². The van der Waals surface area contributed by atoms with Gasteiger partial charge in [0.15, 0.2) is 0 Å². The molecule has 2 rings (SSSR count). The number of rotatable bonds is 4. The summed E-state index contributed by atoms with van der Waals surface area (Å²) in [5, 5.41) is 17.7. The number of amides is 1. The molecule has 0 bridgehead atoms. The van der Waals surface area contributed by atoms with Crippen LogP contribution in [-0.4, -0.2) is 32.9 Å². The highest BCUT2D eigenvalue weighted by Crippen LogP contribution is 2.26. The molecule has 1 amide bonds. The van der Waals surface area contributed by atoms with Crippen molar-refractivity contribution in [1.82, 2.24) is 15.1 Å². The third-order valence-electron chi connectivity index (χ3n) is 4.05. The maximum atomic E-state index is 12.2. The van der Waals surface area contributed by atoms with Gasteiger partial charge in [0.05, 0.1) is 11.3 Å². The van der Waals surface area contributed by atoms with Crippen LogP contribution in [0.2, 0.25) is 0 Å². The van der Waals surface area contributed by atoms with Crippen molar-refractivity contribution in [2.75, 3.05) is 6.54 Å². The summed E-state index contributed by atoms with van der Waals surface area (Å²) >= 11 is 0.